The maximum atomic E-state index is 12.8. The molecule has 0 amide bonds. The third-order valence-electron chi connectivity index (χ3n) is 5.30. The van der Waals surface area contributed by atoms with Crippen LogP contribution in [0.5, 0.6) is 0 Å². The van der Waals surface area contributed by atoms with Gasteiger partial charge < -0.3 is 25.1 Å². The first-order valence-electron chi connectivity index (χ1n) is 9.35. The maximum Gasteiger partial charge on any atom is 0.352 e. The molecule has 150 valence electrons. The van der Waals surface area contributed by atoms with Crippen molar-refractivity contribution in [3.63, 3.8) is 0 Å². The zero-order valence-corrected chi connectivity index (χ0v) is 15.4. The standard InChI is InChI=1S/C20H19N3O6/c24-14-8-11(19(26)27)21-17-10(14)7-13(23-5-3-1-2-4-6-23)18-16(17)15(25)9-12(22-18)20(28)29/h7-9H,1-6H2,(H,21,24)(H,22,25)(H,26,27)(H,28,29). The van der Waals surface area contributed by atoms with Crippen LogP contribution in [0.1, 0.15) is 46.7 Å². The number of aromatic carboxylic acids is 2. The Labute approximate surface area is 163 Å². The smallest absolute Gasteiger partial charge is 0.352 e. The SMILES string of the molecule is O=C(O)c1cc(=O)c2c([nH]1)c(N1CCCCCC1)cc1c(=O)cc(C(=O)O)[nH]c12. The van der Waals surface area contributed by atoms with Crippen molar-refractivity contribution < 1.29 is 19.8 Å². The highest BCUT2D eigenvalue weighted by Crippen LogP contribution is 2.31. The highest BCUT2D eigenvalue weighted by Gasteiger charge is 2.21. The molecule has 4 N–H and O–H groups in total. The number of rotatable bonds is 3. The minimum atomic E-state index is -1.33. The van der Waals surface area contributed by atoms with Gasteiger partial charge >= 0.3 is 11.9 Å². The fourth-order valence-corrected chi connectivity index (χ4v) is 3.91. The summed E-state index contributed by atoms with van der Waals surface area (Å²) in [6, 6.07) is 3.54. The molecular weight excluding hydrogens is 378 g/mol. The zero-order chi connectivity index (χ0) is 20.7. The second-order valence-corrected chi connectivity index (χ2v) is 7.17. The molecule has 0 spiro atoms. The summed E-state index contributed by atoms with van der Waals surface area (Å²) in [5, 5.41) is 18.9. The number of aromatic amines is 2. The van der Waals surface area contributed by atoms with E-state index in [1.54, 1.807) is 6.07 Å². The molecule has 3 aromatic rings. The van der Waals surface area contributed by atoms with Crippen molar-refractivity contribution in [2.24, 2.45) is 0 Å². The molecule has 1 aromatic carbocycles. The van der Waals surface area contributed by atoms with Gasteiger partial charge in [0.25, 0.3) is 0 Å². The zero-order valence-electron chi connectivity index (χ0n) is 15.4. The summed E-state index contributed by atoms with van der Waals surface area (Å²) in [6.45, 7) is 1.43. The van der Waals surface area contributed by atoms with Crippen molar-refractivity contribution in [1.29, 1.82) is 0 Å². The number of hydrogen-bond donors (Lipinski definition) is 4. The lowest BCUT2D eigenvalue weighted by molar-refractivity contribution is 0.0680. The number of nitrogens with one attached hydrogen (secondary N) is 2. The summed E-state index contributed by atoms with van der Waals surface area (Å²) in [5.41, 5.74) is -0.790. The minimum absolute atomic E-state index is 0.0759. The molecule has 9 nitrogen and oxygen atoms in total. The topological polar surface area (TPSA) is 144 Å². The summed E-state index contributed by atoms with van der Waals surface area (Å²) >= 11 is 0. The Hall–Kier alpha value is -3.62. The Morgan fingerprint density at radius 1 is 0.793 bits per heavy atom. The molecule has 9 heteroatoms. The van der Waals surface area contributed by atoms with Crippen LogP contribution in [0, 0.1) is 0 Å². The van der Waals surface area contributed by atoms with Crippen LogP contribution in [0.25, 0.3) is 21.8 Å². The van der Waals surface area contributed by atoms with E-state index in [1.165, 1.54) is 0 Å². The first-order chi connectivity index (χ1) is 13.9. The summed E-state index contributed by atoms with van der Waals surface area (Å²) in [4.78, 5) is 55.8. The third-order valence-corrected chi connectivity index (χ3v) is 5.30. The van der Waals surface area contributed by atoms with Crippen LogP contribution >= 0.6 is 0 Å². The average Bonchev–Trinajstić information content (AvgIpc) is 2.96. The minimum Gasteiger partial charge on any atom is -0.477 e. The van der Waals surface area contributed by atoms with E-state index in [9.17, 15) is 29.4 Å². The van der Waals surface area contributed by atoms with E-state index in [0.29, 0.717) is 18.8 Å². The first-order valence-corrected chi connectivity index (χ1v) is 9.35. The molecule has 0 bridgehead atoms. The Morgan fingerprint density at radius 2 is 1.34 bits per heavy atom. The van der Waals surface area contributed by atoms with E-state index < -0.39 is 22.8 Å². The maximum absolute atomic E-state index is 12.8. The predicted octanol–water partition coefficient (Wildman–Crippen LogP) is 2.15. The average molecular weight is 397 g/mol. The monoisotopic (exact) mass is 397 g/mol. The predicted molar refractivity (Wildman–Crippen MR) is 107 cm³/mol. The third kappa shape index (κ3) is 3.24. The number of benzene rings is 1. The molecule has 1 aliphatic heterocycles. The molecule has 29 heavy (non-hydrogen) atoms. The van der Waals surface area contributed by atoms with Gasteiger partial charge in [-0.1, -0.05) is 12.8 Å². The number of pyridine rings is 2. The van der Waals surface area contributed by atoms with E-state index >= 15 is 0 Å². The first kappa shape index (κ1) is 18.7. The van der Waals surface area contributed by atoms with Crippen molar-refractivity contribution in [3.05, 3.63) is 50.0 Å². The number of hydrogen-bond acceptors (Lipinski definition) is 5. The largest absolute Gasteiger partial charge is 0.477 e. The number of carboxylic acid groups (broad SMARTS) is 2. The Morgan fingerprint density at radius 3 is 1.93 bits per heavy atom. The van der Waals surface area contributed by atoms with Crippen LogP contribution in [0.3, 0.4) is 0 Å². The lowest BCUT2D eigenvalue weighted by Crippen LogP contribution is -2.25. The second kappa shape index (κ2) is 7.08. The number of carboxylic acids is 2. The molecular formula is C20H19N3O6. The van der Waals surface area contributed by atoms with Crippen LogP contribution in [-0.4, -0.2) is 45.2 Å². The van der Waals surface area contributed by atoms with Crippen molar-refractivity contribution in [2.75, 3.05) is 18.0 Å². The van der Waals surface area contributed by atoms with Crippen LogP contribution < -0.4 is 15.8 Å². The number of nitrogens with zero attached hydrogens (tertiary/aromatic N) is 1. The lowest BCUT2D eigenvalue weighted by atomic mass is 10.0. The van der Waals surface area contributed by atoms with Crippen LogP contribution in [0.2, 0.25) is 0 Å². The molecule has 1 fully saturated rings. The van der Waals surface area contributed by atoms with Gasteiger partial charge in [0.2, 0.25) is 0 Å². The van der Waals surface area contributed by atoms with Gasteiger partial charge in [-0.3, -0.25) is 9.59 Å². The number of fused-ring (bicyclic) bond motifs is 3. The number of aromatic nitrogens is 2. The van der Waals surface area contributed by atoms with Gasteiger partial charge in [-0.05, 0) is 18.9 Å². The van der Waals surface area contributed by atoms with Gasteiger partial charge in [-0.25, -0.2) is 9.59 Å². The molecule has 1 aliphatic rings. The van der Waals surface area contributed by atoms with E-state index in [4.69, 9.17) is 0 Å². The quantitative estimate of drug-likeness (QED) is 0.496. The molecule has 3 heterocycles. The Balaban J connectivity index is 2.15. The van der Waals surface area contributed by atoms with Gasteiger partial charge in [0.05, 0.1) is 22.1 Å². The van der Waals surface area contributed by atoms with Gasteiger partial charge in [-0.2, -0.15) is 0 Å². The molecule has 2 aromatic heterocycles. The second-order valence-electron chi connectivity index (χ2n) is 7.17. The fraction of sp³-hybridized carbons (Fsp3) is 0.300. The highest BCUT2D eigenvalue weighted by atomic mass is 16.4. The van der Waals surface area contributed by atoms with Crippen LogP contribution in [-0.2, 0) is 0 Å². The Kier molecular flexibility index (Phi) is 4.57. The molecule has 4 rings (SSSR count). The highest BCUT2D eigenvalue weighted by molar-refractivity contribution is 6.11. The molecule has 0 unspecified atom stereocenters. The molecule has 0 atom stereocenters. The van der Waals surface area contributed by atoms with Gasteiger partial charge in [0.1, 0.15) is 11.4 Å². The van der Waals surface area contributed by atoms with E-state index in [2.05, 4.69) is 9.97 Å². The van der Waals surface area contributed by atoms with Gasteiger partial charge in [-0.15, -0.1) is 0 Å². The summed E-state index contributed by atoms with van der Waals surface area (Å²) in [5.74, 6) is -2.61. The lowest BCUT2D eigenvalue weighted by Gasteiger charge is -2.25. The van der Waals surface area contributed by atoms with E-state index in [-0.39, 0.29) is 33.2 Å². The van der Waals surface area contributed by atoms with Crippen molar-refractivity contribution in [2.45, 2.75) is 25.7 Å². The van der Waals surface area contributed by atoms with Crippen molar-refractivity contribution in [3.8, 4) is 0 Å². The molecule has 0 radical (unpaired) electrons. The van der Waals surface area contributed by atoms with Crippen LogP contribution in [0.15, 0.2) is 27.8 Å². The van der Waals surface area contributed by atoms with Crippen molar-refractivity contribution in [1.82, 2.24) is 9.97 Å². The van der Waals surface area contributed by atoms with Crippen molar-refractivity contribution >= 4 is 39.4 Å². The Bertz CT molecular complexity index is 1270. The van der Waals surface area contributed by atoms with Gasteiger partial charge in [0, 0.05) is 30.6 Å². The number of carbonyl (C=O) groups is 2. The summed E-state index contributed by atoms with van der Waals surface area (Å²) in [6.07, 6.45) is 4.02. The molecule has 1 saturated heterocycles. The summed E-state index contributed by atoms with van der Waals surface area (Å²) in [7, 11) is 0. The summed E-state index contributed by atoms with van der Waals surface area (Å²) < 4.78 is 0. The number of anilines is 1. The van der Waals surface area contributed by atoms with Gasteiger partial charge in [0.15, 0.2) is 10.9 Å². The van der Waals surface area contributed by atoms with Crippen LogP contribution in [0.4, 0.5) is 5.69 Å². The van der Waals surface area contributed by atoms with E-state index in [1.807, 2.05) is 4.90 Å². The fourth-order valence-electron chi connectivity index (χ4n) is 3.91. The van der Waals surface area contributed by atoms with E-state index in [0.717, 1.165) is 37.8 Å². The normalized spacial score (nSPS) is 14.8. The molecule has 0 saturated carbocycles. The number of H-pyrrole nitrogens is 2. The molecule has 0 aliphatic carbocycles.